The quantitative estimate of drug-likeness (QED) is 0.679. The van der Waals surface area contributed by atoms with Crippen LogP contribution in [0.2, 0.25) is 10.0 Å². The first-order valence-corrected chi connectivity index (χ1v) is 8.77. The number of nitrogens with one attached hydrogen (secondary N) is 2. The molecule has 9 heteroatoms. The van der Waals surface area contributed by atoms with Crippen LogP contribution in [-0.2, 0) is 4.79 Å². The van der Waals surface area contributed by atoms with Gasteiger partial charge in [-0.1, -0.05) is 29.3 Å². The lowest BCUT2D eigenvalue weighted by molar-refractivity contribution is -0.116. The minimum absolute atomic E-state index is 0.168. The minimum atomic E-state index is -0.695. The van der Waals surface area contributed by atoms with Crippen molar-refractivity contribution >= 4 is 52.4 Å². The zero-order valence-electron chi connectivity index (χ0n) is 14.5. The summed E-state index contributed by atoms with van der Waals surface area (Å²) in [4.78, 5) is 37.1. The van der Waals surface area contributed by atoms with E-state index in [2.05, 4.69) is 10.6 Å². The molecule has 0 aliphatic carbocycles. The largest absolute Gasteiger partial charge is 0.351 e. The van der Waals surface area contributed by atoms with Crippen LogP contribution in [0.3, 0.4) is 0 Å². The van der Waals surface area contributed by atoms with Gasteiger partial charge in [0.2, 0.25) is 5.91 Å². The van der Waals surface area contributed by atoms with Crippen molar-refractivity contribution in [2.45, 2.75) is 6.92 Å². The molecular weight excluding hydrogens is 391 g/mol. The molecule has 0 heterocycles. The van der Waals surface area contributed by atoms with E-state index in [1.807, 2.05) is 0 Å². The summed E-state index contributed by atoms with van der Waals surface area (Å²) in [6.45, 7) is 1.92. The highest BCUT2D eigenvalue weighted by Crippen LogP contribution is 2.29. The summed E-state index contributed by atoms with van der Waals surface area (Å²) in [5.41, 5.74) is 6.18. The zero-order chi connectivity index (χ0) is 20.0. The molecule has 27 heavy (non-hydrogen) atoms. The van der Waals surface area contributed by atoms with Crippen molar-refractivity contribution in [3.8, 4) is 0 Å². The van der Waals surface area contributed by atoms with Gasteiger partial charge in [-0.2, -0.15) is 0 Å². The van der Waals surface area contributed by atoms with Crippen LogP contribution in [0.25, 0.3) is 0 Å². The Hall–Kier alpha value is -2.77. The van der Waals surface area contributed by atoms with Gasteiger partial charge in [-0.15, -0.1) is 0 Å². The van der Waals surface area contributed by atoms with E-state index < -0.39 is 11.9 Å². The maximum Gasteiger partial charge on any atom is 0.316 e. The number of halogens is 2. The topological polar surface area (TPSA) is 105 Å². The van der Waals surface area contributed by atoms with E-state index in [9.17, 15) is 14.4 Å². The first kappa shape index (κ1) is 20.5. The molecule has 4 N–H and O–H groups in total. The van der Waals surface area contributed by atoms with Crippen LogP contribution >= 0.6 is 23.2 Å². The molecular formula is C18H18Cl2N4O3. The van der Waals surface area contributed by atoms with E-state index in [1.165, 1.54) is 4.90 Å². The van der Waals surface area contributed by atoms with E-state index in [0.29, 0.717) is 33.5 Å². The predicted octanol–water partition coefficient (Wildman–Crippen LogP) is 3.58. The first-order chi connectivity index (χ1) is 12.8. The molecule has 142 valence electrons. The normalized spacial score (nSPS) is 10.2. The molecule has 0 saturated carbocycles. The van der Waals surface area contributed by atoms with Crippen molar-refractivity contribution in [3.63, 3.8) is 0 Å². The van der Waals surface area contributed by atoms with Gasteiger partial charge in [-0.05, 0) is 43.3 Å². The van der Waals surface area contributed by atoms with E-state index in [1.54, 1.807) is 49.4 Å². The van der Waals surface area contributed by atoms with Crippen molar-refractivity contribution in [2.75, 3.05) is 23.7 Å². The summed E-state index contributed by atoms with van der Waals surface area (Å²) in [5.74, 6) is -0.754. The SMILES string of the molecule is CCN(CC(=O)Nc1c(Cl)cccc1Cl)C(=O)c1ccc(NC(N)=O)cc1. The highest BCUT2D eigenvalue weighted by Gasteiger charge is 2.18. The van der Waals surface area contributed by atoms with Gasteiger partial charge < -0.3 is 21.3 Å². The fourth-order valence-electron chi connectivity index (χ4n) is 2.32. The van der Waals surface area contributed by atoms with Gasteiger partial charge >= 0.3 is 6.03 Å². The highest BCUT2D eigenvalue weighted by molar-refractivity contribution is 6.39. The Labute approximate surface area is 166 Å². The average molecular weight is 409 g/mol. The van der Waals surface area contributed by atoms with Crippen LogP contribution in [-0.4, -0.2) is 35.8 Å². The van der Waals surface area contributed by atoms with E-state index >= 15 is 0 Å². The monoisotopic (exact) mass is 408 g/mol. The first-order valence-electron chi connectivity index (χ1n) is 8.01. The number of hydrogen-bond donors (Lipinski definition) is 3. The van der Waals surface area contributed by atoms with Crippen LogP contribution < -0.4 is 16.4 Å². The van der Waals surface area contributed by atoms with Crippen LogP contribution in [0.4, 0.5) is 16.2 Å². The van der Waals surface area contributed by atoms with Crippen LogP contribution in [0.15, 0.2) is 42.5 Å². The van der Waals surface area contributed by atoms with Gasteiger partial charge in [0.1, 0.15) is 6.54 Å². The number of anilines is 2. The number of urea groups is 1. The van der Waals surface area contributed by atoms with Crippen LogP contribution in [0.1, 0.15) is 17.3 Å². The second-order valence-corrected chi connectivity index (χ2v) is 6.35. The van der Waals surface area contributed by atoms with Crippen molar-refractivity contribution in [3.05, 3.63) is 58.1 Å². The molecule has 0 unspecified atom stereocenters. The maximum atomic E-state index is 12.6. The van der Waals surface area contributed by atoms with Gasteiger partial charge in [0.25, 0.3) is 5.91 Å². The van der Waals surface area contributed by atoms with E-state index in [4.69, 9.17) is 28.9 Å². The Morgan fingerprint density at radius 1 is 1.00 bits per heavy atom. The Kier molecular flexibility index (Phi) is 7.04. The summed E-state index contributed by atoms with van der Waals surface area (Å²) < 4.78 is 0. The number of carbonyl (C=O) groups excluding carboxylic acids is 3. The maximum absolute atomic E-state index is 12.6. The second kappa shape index (κ2) is 9.25. The van der Waals surface area contributed by atoms with Crippen LogP contribution in [0, 0.1) is 0 Å². The lowest BCUT2D eigenvalue weighted by Crippen LogP contribution is -2.38. The van der Waals surface area contributed by atoms with Gasteiger partial charge in [-0.25, -0.2) is 4.79 Å². The Balaban J connectivity index is 2.06. The third-order valence-corrected chi connectivity index (χ3v) is 4.26. The number of carbonyl (C=O) groups is 3. The lowest BCUT2D eigenvalue weighted by atomic mass is 10.1. The van der Waals surface area contributed by atoms with E-state index in [-0.39, 0.29) is 12.5 Å². The van der Waals surface area contributed by atoms with Crippen molar-refractivity contribution in [1.29, 1.82) is 0 Å². The van der Waals surface area contributed by atoms with Crippen molar-refractivity contribution in [2.24, 2.45) is 5.73 Å². The Morgan fingerprint density at radius 2 is 1.59 bits per heavy atom. The highest BCUT2D eigenvalue weighted by atomic mass is 35.5. The van der Waals surface area contributed by atoms with E-state index in [0.717, 1.165) is 0 Å². The van der Waals surface area contributed by atoms with Gasteiger partial charge in [-0.3, -0.25) is 9.59 Å². The summed E-state index contributed by atoms with van der Waals surface area (Å²) in [7, 11) is 0. The third-order valence-electron chi connectivity index (χ3n) is 3.63. The fourth-order valence-corrected chi connectivity index (χ4v) is 2.81. The molecule has 0 atom stereocenters. The number of benzene rings is 2. The molecule has 0 spiro atoms. The zero-order valence-corrected chi connectivity index (χ0v) is 16.0. The van der Waals surface area contributed by atoms with Gasteiger partial charge in [0.15, 0.2) is 0 Å². The summed E-state index contributed by atoms with van der Waals surface area (Å²) in [5, 5.41) is 5.65. The van der Waals surface area contributed by atoms with Crippen molar-refractivity contribution in [1.82, 2.24) is 4.90 Å². The molecule has 4 amide bonds. The number of nitrogens with two attached hydrogens (primary N) is 1. The third kappa shape index (κ3) is 5.60. The molecule has 0 saturated heterocycles. The molecule has 2 aromatic rings. The molecule has 0 fully saturated rings. The molecule has 0 radical (unpaired) electrons. The number of likely N-dealkylation sites (N-methyl/N-ethyl adjacent to an activating group) is 1. The summed E-state index contributed by atoms with van der Waals surface area (Å²) in [6, 6.07) is 10.4. The fraction of sp³-hybridized carbons (Fsp3) is 0.167. The standard InChI is InChI=1S/C18H18Cl2N4O3/c1-2-24(10-15(25)23-16-13(19)4-3-5-14(16)20)17(26)11-6-8-12(9-7-11)22-18(21)27/h3-9H,2,10H2,1H3,(H,23,25)(H3,21,22,27). The number of amides is 4. The Morgan fingerprint density at radius 3 is 2.11 bits per heavy atom. The average Bonchev–Trinajstić information content (AvgIpc) is 2.62. The summed E-state index contributed by atoms with van der Waals surface area (Å²) >= 11 is 12.1. The lowest BCUT2D eigenvalue weighted by Gasteiger charge is -2.21. The molecule has 7 nitrogen and oxygen atoms in total. The molecule has 0 aromatic heterocycles. The molecule has 2 aromatic carbocycles. The van der Waals surface area contributed by atoms with Crippen molar-refractivity contribution < 1.29 is 14.4 Å². The van der Waals surface area contributed by atoms with Gasteiger partial charge in [0, 0.05) is 17.8 Å². The number of para-hydroxylation sites is 1. The van der Waals surface area contributed by atoms with Crippen LogP contribution in [0.5, 0.6) is 0 Å². The number of rotatable bonds is 6. The second-order valence-electron chi connectivity index (χ2n) is 5.53. The van der Waals surface area contributed by atoms with Gasteiger partial charge in [0.05, 0.1) is 15.7 Å². The minimum Gasteiger partial charge on any atom is -0.351 e. The molecule has 0 aliphatic rings. The number of primary amides is 1. The number of nitrogens with zero attached hydrogens (tertiary/aromatic N) is 1. The molecule has 0 aliphatic heterocycles. The number of hydrogen-bond acceptors (Lipinski definition) is 3. The Bertz CT molecular complexity index is 836. The molecule has 2 rings (SSSR count). The smallest absolute Gasteiger partial charge is 0.316 e. The summed E-state index contributed by atoms with van der Waals surface area (Å²) in [6.07, 6.45) is 0. The predicted molar refractivity (Wildman–Crippen MR) is 106 cm³/mol. The molecule has 0 bridgehead atoms.